The summed E-state index contributed by atoms with van der Waals surface area (Å²) in [6, 6.07) is 3.96. The van der Waals surface area contributed by atoms with Gasteiger partial charge in [0.1, 0.15) is 0 Å². The molecule has 9 heteroatoms. The molecule has 0 fully saturated rings. The average molecular weight is 309 g/mol. The molecule has 3 N–H and O–H groups in total. The summed E-state index contributed by atoms with van der Waals surface area (Å²) in [5.74, 6) is -0.240. The molecule has 0 atom stereocenters. The Morgan fingerprint density at radius 2 is 1.90 bits per heavy atom. The summed E-state index contributed by atoms with van der Waals surface area (Å²) in [6.45, 7) is -0.163. The summed E-state index contributed by atoms with van der Waals surface area (Å²) in [4.78, 5) is -0.807. The molecule has 0 amide bonds. The van der Waals surface area contributed by atoms with Crippen LogP contribution in [-0.2, 0) is 16.2 Å². The molecule has 0 radical (unpaired) electrons. The fourth-order valence-corrected chi connectivity index (χ4v) is 2.87. The number of hydrogen-bond acceptors (Lipinski definition) is 3. The van der Waals surface area contributed by atoms with Crippen molar-refractivity contribution in [2.75, 3.05) is 13.6 Å². The molecule has 0 aliphatic heterocycles. The molecule has 0 aliphatic rings. The highest BCUT2D eigenvalue weighted by Crippen LogP contribution is 2.34. The first-order valence-corrected chi connectivity index (χ1v) is 6.96. The molecule has 112 valence electrons. The van der Waals surface area contributed by atoms with Crippen LogP contribution in [0.15, 0.2) is 29.2 Å². The van der Waals surface area contributed by atoms with Crippen molar-refractivity contribution in [1.29, 1.82) is 5.41 Å². The highest BCUT2D eigenvalue weighted by atomic mass is 32.2. The number of amidine groups is 1. The summed E-state index contributed by atoms with van der Waals surface area (Å²) < 4.78 is 63.5. The number of sulfonamides is 1. The number of hydrogen-bond donors (Lipinski definition) is 2. The van der Waals surface area contributed by atoms with E-state index in [-0.39, 0.29) is 18.8 Å². The van der Waals surface area contributed by atoms with Crippen LogP contribution < -0.4 is 5.73 Å². The summed E-state index contributed by atoms with van der Waals surface area (Å²) in [5, 5.41) is 7.01. The zero-order valence-electron chi connectivity index (χ0n) is 10.6. The molecule has 20 heavy (non-hydrogen) atoms. The Balaban J connectivity index is 3.20. The van der Waals surface area contributed by atoms with Gasteiger partial charge in [0.05, 0.1) is 16.3 Å². The third-order valence-corrected chi connectivity index (χ3v) is 4.49. The van der Waals surface area contributed by atoms with Crippen molar-refractivity contribution in [2.45, 2.75) is 17.5 Å². The minimum Gasteiger partial charge on any atom is -0.388 e. The number of rotatable bonds is 5. The van der Waals surface area contributed by atoms with Crippen molar-refractivity contribution in [3.8, 4) is 0 Å². The van der Waals surface area contributed by atoms with Gasteiger partial charge >= 0.3 is 6.18 Å². The van der Waals surface area contributed by atoms with Crippen molar-refractivity contribution < 1.29 is 21.6 Å². The number of benzene rings is 1. The maximum atomic E-state index is 12.8. The van der Waals surface area contributed by atoms with Crippen LogP contribution in [0, 0.1) is 5.41 Å². The maximum absolute atomic E-state index is 12.8. The van der Waals surface area contributed by atoms with Crippen LogP contribution in [0.2, 0.25) is 0 Å². The normalized spacial score (nSPS) is 12.7. The molecule has 0 aromatic heterocycles. The van der Waals surface area contributed by atoms with Gasteiger partial charge in [-0.25, -0.2) is 12.7 Å². The van der Waals surface area contributed by atoms with Crippen LogP contribution in [0.4, 0.5) is 13.2 Å². The topological polar surface area (TPSA) is 87.2 Å². The molecular weight excluding hydrogens is 295 g/mol. The van der Waals surface area contributed by atoms with E-state index in [1.165, 1.54) is 6.07 Å². The number of nitrogens with two attached hydrogens (primary N) is 1. The predicted octanol–water partition coefficient (Wildman–Crippen LogP) is 1.65. The molecule has 1 aromatic carbocycles. The van der Waals surface area contributed by atoms with Gasteiger partial charge in [0, 0.05) is 20.0 Å². The minimum atomic E-state index is -4.76. The Hall–Kier alpha value is -1.61. The minimum absolute atomic E-state index is 0.0517. The van der Waals surface area contributed by atoms with Gasteiger partial charge < -0.3 is 5.73 Å². The second-order valence-electron chi connectivity index (χ2n) is 4.10. The molecule has 0 saturated carbocycles. The van der Waals surface area contributed by atoms with E-state index in [0.717, 1.165) is 23.5 Å². The summed E-state index contributed by atoms with van der Waals surface area (Å²) in [6.07, 6.45) is -4.81. The van der Waals surface area contributed by atoms with Gasteiger partial charge in [-0.15, -0.1) is 0 Å². The molecular formula is C11H14F3N3O2S. The Morgan fingerprint density at radius 3 is 2.40 bits per heavy atom. The van der Waals surface area contributed by atoms with E-state index in [1.807, 2.05) is 0 Å². The van der Waals surface area contributed by atoms with Crippen LogP contribution in [0.25, 0.3) is 0 Å². The van der Waals surface area contributed by atoms with Crippen LogP contribution >= 0.6 is 0 Å². The Bertz CT molecular complexity index is 599. The molecule has 1 rings (SSSR count). The number of nitrogens with zero attached hydrogens (tertiary/aromatic N) is 1. The molecule has 0 unspecified atom stereocenters. The van der Waals surface area contributed by atoms with Gasteiger partial charge in [0.2, 0.25) is 10.0 Å². The van der Waals surface area contributed by atoms with E-state index < -0.39 is 26.7 Å². The summed E-state index contributed by atoms with van der Waals surface area (Å²) in [7, 11) is -3.14. The van der Waals surface area contributed by atoms with Crippen molar-refractivity contribution in [1.82, 2.24) is 4.31 Å². The molecule has 0 aliphatic carbocycles. The zero-order chi connectivity index (χ0) is 15.6. The van der Waals surface area contributed by atoms with E-state index in [4.69, 9.17) is 11.1 Å². The molecule has 5 nitrogen and oxygen atoms in total. The zero-order valence-corrected chi connectivity index (χ0v) is 11.4. The monoisotopic (exact) mass is 309 g/mol. The first kappa shape index (κ1) is 16.4. The lowest BCUT2D eigenvalue weighted by Crippen LogP contribution is -2.31. The van der Waals surface area contributed by atoms with E-state index >= 15 is 0 Å². The molecule has 1 aromatic rings. The molecule has 0 saturated heterocycles. The second-order valence-corrected chi connectivity index (χ2v) is 6.11. The fraction of sp³-hybridized carbons (Fsp3) is 0.364. The van der Waals surface area contributed by atoms with E-state index in [2.05, 4.69) is 0 Å². The number of alkyl halides is 3. The van der Waals surface area contributed by atoms with Gasteiger partial charge in [0.15, 0.2) is 0 Å². The SMILES string of the molecule is CN(CCC(=N)N)S(=O)(=O)c1ccccc1C(F)(F)F. The van der Waals surface area contributed by atoms with E-state index in [1.54, 1.807) is 0 Å². The summed E-state index contributed by atoms with van der Waals surface area (Å²) >= 11 is 0. The highest BCUT2D eigenvalue weighted by molar-refractivity contribution is 7.89. The van der Waals surface area contributed by atoms with Gasteiger partial charge in [-0.05, 0) is 12.1 Å². The van der Waals surface area contributed by atoms with Gasteiger partial charge in [-0.3, -0.25) is 5.41 Å². The quantitative estimate of drug-likeness (QED) is 0.640. The van der Waals surface area contributed by atoms with Crippen molar-refractivity contribution >= 4 is 15.9 Å². The number of halogens is 3. The molecule has 0 spiro atoms. The number of nitrogens with one attached hydrogen (secondary N) is 1. The third kappa shape index (κ3) is 3.70. The third-order valence-electron chi connectivity index (χ3n) is 2.58. The average Bonchev–Trinajstić information content (AvgIpc) is 2.34. The smallest absolute Gasteiger partial charge is 0.388 e. The van der Waals surface area contributed by atoms with Crippen LogP contribution in [0.3, 0.4) is 0 Å². The van der Waals surface area contributed by atoms with Crippen molar-refractivity contribution in [2.24, 2.45) is 5.73 Å². The highest BCUT2D eigenvalue weighted by Gasteiger charge is 2.37. The predicted molar refractivity (Wildman–Crippen MR) is 67.8 cm³/mol. The standard InChI is InChI=1S/C11H14F3N3O2S/c1-17(7-6-10(15)16)20(18,19)9-5-3-2-4-8(9)11(12,13)14/h2-5H,6-7H2,1H3,(H3,15,16). The Morgan fingerprint density at radius 1 is 1.35 bits per heavy atom. The van der Waals surface area contributed by atoms with E-state index in [9.17, 15) is 21.6 Å². The van der Waals surface area contributed by atoms with Gasteiger partial charge in [-0.2, -0.15) is 13.2 Å². The van der Waals surface area contributed by atoms with Crippen LogP contribution in [-0.4, -0.2) is 32.2 Å². The first-order chi connectivity index (χ1) is 9.06. The Labute approximate surface area is 114 Å². The molecule has 0 bridgehead atoms. The van der Waals surface area contributed by atoms with Crippen LogP contribution in [0.1, 0.15) is 12.0 Å². The lowest BCUT2D eigenvalue weighted by atomic mass is 10.2. The maximum Gasteiger partial charge on any atom is 0.417 e. The van der Waals surface area contributed by atoms with Crippen molar-refractivity contribution in [3.63, 3.8) is 0 Å². The Kier molecular flexibility index (Phi) is 4.77. The lowest BCUT2D eigenvalue weighted by Gasteiger charge is -2.19. The molecule has 0 heterocycles. The van der Waals surface area contributed by atoms with Crippen molar-refractivity contribution in [3.05, 3.63) is 29.8 Å². The fourth-order valence-electron chi connectivity index (χ4n) is 1.49. The lowest BCUT2D eigenvalue weighted by molar-refractivity contribution is -0.139. The largest absolute Gasteiger partial charge is 0.417 e. The van der Waals surface area contributed by atoms with Crippen LogP contribution in [0.5, 0.6) is 0 Å². The first-order valence-electron chi connectivity index (χ1n) is 5.52. The van der Waals surface area contributed by atoms with Gasteiger partial charge in [0.25, 0.3) is 0 Å². The second kappa shape index (κ2) is 5.80. The van der Waals surface area contributed by atoms with E-state index in [0.29, 0.717) is 6.07 Å². The summed E-state index contributed by atoms with van der Waals surface area (Å²) in [5.41, 5.74) is 3.89. The van der Waals surface area contributed by atoms with Gasteiger partial charge in [-0.1, -0.05) is 12.1 Å².